The summed E-state index contributed by atoms with van der Waals surface area (Å²) in [6, 6.07) is 1.97. The first kappa shape index (κ1) is 13.1. The van der Waals surface area contributed by atoms with E-state index < -0.39 is 0 Å². The number of carbonyl (C=O) groups is 1. The van der Waals surface area contributed by atoms with E-state index in [1.54, 1.807) is 6.20 Å². The van der Waals surface area contributed by atoms with E-state index in [1.807, 2.05) is 17.9 Å². The Bertz CT molecular complexity index is 364. The van der Waals surface area contributed by atoms with Gasteiger partial charge in [0.15, 0.2) is 0 Å². The summed E-state index contributed by atoms with van der Waals surface area (Å²) in [6.07, 6.45) is 3.83. The first-order chi connectivity index (χ1) is 7.18. The van der Waals surface area contributed by atoms with Crippen LogP contribution in [0.5, 0.6) is 0 Å². The Labute approximate surface area is 102 Å². The number of likely N-dealkylation sites (tertiary alicyclic amines) is 1. The number of aryl methyl sites for hydroxylation is 1. The van der Waals surface area contributed by atoms with Gasteiger partial charge in [0, 0.05) is 31.0 Å². The number of amides is 1. The summed E-state index contributed by atoms with van der Waals surface area (Å²) in [5.74, 6) is 0.101. The van der Waals surface area contributed by atoms with Crippen LogP contribution in [0.2, 0.25) is 0 Å². The van der Waals surface area contributed by atoms with Gasteiger partial charge in [-0.25, -0.2) is 0 Å². The molecule has 2 heterocycles. The lowest BCUT2D eigenvalue weighted by atomic mass is 10.1. The van der Waals surface area contributed by atoms with Crippen molar-refractivity contribution in [1.82, 2.24) is 9.88 Å². The molecule has 1 aromatic heterocycles. The normalized spacial score (nSPS) is 20.4. The van der Waals surface area contributed by atoms with E-state index in [-0.39, 0.29) is 24.4 Å². The van der Waals surface area contributed by atoms with Crippen LogP contribution >= 0.6 is 12.4 Å². The smallest absolute Gasteiger partial charge is 0.255 e. The van der Waals surface area contributed by atoms with Crippen molar-refractivity contribution in [3.05, 3.63) is 23.5 Å². The van der Waals surface area contributed by atoms with Crippen LogP contribution in [0.25, 0.3) is 0 Å². The lowest BCUT2D eigenvalue weighted by Crippen LogP contribution is -2.45. The number of halogens is 1. The number of aromatic amines is 1. The first-order valence-electron chi connectivity index (χ1n) is 5.37. The van der Waals surface area contributed by atoms with Gasteiger partial charge < -0.3 is 15.6 Å². The van der Waals surface area contributed by atoms with Crippen LogP contribution in [-0.4, -0.2) is 34.9 Å². The van der Waals surface area contributed by atoms with Crippen LogP contribution in [0.3, 0.4) is 0 Å². The number of H-pyrrole nitrogens is 1. The molecule has 1 fully saturated rings. The van der Waals surface area contributed by atoms with E-state index in [9.17, 15) is 4.79 Å². The molecule has 5 heteroatoms. The lowest BCUT2D eigenvalue weighted by molar-refractivity contribution is 0.0708. The molecule has 1 amide bonds. The second-order valence-electron chi connectivity index (χ2n) is 4.17. The van der Waals surface area contributed by atoms with E-state index in [0.717, 1.165) is 30.6 Å². The third-order valence-electron chi connectivity index (χ3n) is 2.93. The van der Waals surface area contributed by atoms with Crippen LogP contribution in [0.4, 0.5) is 0 Å². The molecule has 3 N–H and O–H groups in total. The van der Waals surface area contributed by atoms with Crippen molar-refractivity contribution in [2.45, 2.75) is 25.8 Å². The zero-order chi connectivity index (χ0) is 10.8. The van der Waals surface area contributed by atoms with Gasteiger partial charge in [-0.15, -0.1) is 12.4 Å². The van der Waals surface area contributed by atoms with Gasteiger partial charge in [-0.05, 0) is 25.8 Å². The average Bonchev–Trinajstić information content (AvgIpc) is 2.63. The number of nitrogens with one attached hydrogen (secondary N) is 1. The quantitative estimate of drug-likeness (QED) is 0.781. The molecular formula is C11H18ClN3O. The number of piperidine rings is 1. The highest BCUT2D eigenvalue weighted by Crippen LogP contribution is 2.14. The van der Waals surface area contributed by atoms with Crippen molar-refractivity contribution in [1.29, 1.82) is 0 Å². The molecular weight excluding hydrogens is 226 g/mol. The number of rotatable bonds is 1. The molecule has 0 aliphatic carbocycles. The molecule has 0 unspecified atom stereocenters. The van der Waals surface area contributed by atoms with E-state index in [0.29, 0.717) is 6.54 Å². The highest BCUT2D eigenvalue weighted by Gasteiger charge is 2.23. The molecule has 0 bridgehead atoms. The topological polar surface area (TPSA) is 62.1 Å². The highest BCUT2D eigenvalue weighted by atomic mass is 35.5. The summed E-state index contributed by atoms with van der Waals surface area (Å²) in [5.41, 5.74) is 7.55. The SMILES string of the molecule is Cc1[nH]ccc1C(=O)N1CCC[C@@H](N)C1.Cl. The third-order valence-corrected chi connectivity index (χ3v) is 2.93. The van der Waals surface area contributed by atoms with Crippen molar-refractivity contribution in [2.24, 2.45) is 5.73 Å². The van der Waals surface area contributed by atoms with Crippen LogP contribution in [0.15, 0.2) is 12.3 Å². The molecule has 16 heavy (non-hydrogen) atoms. The molecule has 90 valence electrons. The predicted molar refractivity (Wildman–Crippen MR) is 65.9 cm³/mol. The molecule has 0 aromatic carbocycles. The van der Waals surface area contributed by atoms with Crippen molar-refractivity contribution in [3.8, 4) is 0 Å². The Kier molecular flexibility index (Phi) is 4.38. The van der Waals surface area contributed by atoms with E-state index >= 15 is 0 Å². The summed E-state index contributed by atoms with van der Waals surface area (Å²) >= 11 is 0. The Balaban J connectivity index is 0.00000128. The minimum absolute atomic E-state index is 0. The minimum Gasteiger partial charge on any atom is -0.365 e. The Morgan fingerprint density at radius 2 is 2.38 bits per heavy atom. The second-order valence-corrected chi connectivity index (χ2v) is 4.17. The highest BCUT2D eigenvalue weighted by molar-refractivity contribution is 5.95. The Morgan fingerprint density at radius 1 is 1.62 bits per heavy atom. The van der Waals surface area contributed by atoms with Crippen molar-refractivity contribution in [2.75, 3.05) is 13.1 Å². The fourth-order valence-electron chi connectivity index (χ4n) is 2.05. The number of carbonyl (C=O) groups excluding carboxylic acids is 1. The molecule has 0 saturated carbocycles. The molecule has 1 atom stereocenters. The second kappa shape index (κ2) is 5.37. The molecule has 1 saturated heterocycles. The van der Waals surface area contributed by atoms with Crippen LogP contribution < -0.4 is 5.73 Å². The van der Waals surface area contributed by atoms with Crippen LogP contribution in [0, 0.1) is 6.92 Å². The zero-order valence-electron chi connectivity index (χ0n) is 9.40. The van der Waals surface area contributed by atoms with Gasteiger partial charge in [0.2, 0.25) is 0 Å². The maximum atomic E-state index is 12.1. The van der Waals surface area contributed by atoms with Crippen molar-refractivity contribution < 1.29 is 4.79 Å². The fourth-order valence-corrected chi connectivity index (χ4v) is 2.05. The first-order valence-corrected chi connectivity index (χ1v) is 5.37. The maximum absolute atomic E-state index is 12.1. The minimum atomic E-state index is 0. The molecule has 0 spiro atoms. The van der Waals surface area contributed by atoms with Gasteiger partial charge in [-0.3, -0.25) is 4.79 Å². The Morgan fingerprint density at radius 3 is 2.94 bits per heavy atom. The predicted octanol–water partition coefficient (Wildman–Crippen LogP) is 1.31. The van der Waals surface area contributed by atoms with Crippen LogP contribution in [0.1, 0.15) is 28.9 Å². The zero-order valence-corrected chi connectivity index (χ0v) is 10.2. The van der Waals surface area contributed by atoms with Gasteiger partial charge in [-0.1, -0.05) is 0 Å². The van der Waals surface area contributed by atoms with Gasteiger partial charge in [0.1, 0.15) is 0 Å². The summed E-state index contributed by atoms with van der Waals surface area (Å²) < 4.78 is 0. The number of aromatic nitrogens is 1. The number of hydrogen-bond acceptors (Lipinski definition) is 2. The summed E-state index contributed by atoms with van der Waals surface area (Å²) in [6.45, 7) is 3.43. The van der Waals surface area contributed by atoms with Crippen molar-refractivity contribution in [3.63, 3.8) is 0 Å². The van der Waals surface area contributed by atoms with Gasteiger partial charge >= 0.3 is 0 Å². The van der Waals surface area contributed by atoms with Gasteiger partial charge in [-0.2, -0.15) is 0 Å². The van der Waals surface area contributed by atoms with E-state index in [2.05, 4.69) is 4.98 Å². The monoisotopic (exact) mass is 243 g/mol. The van der Waals surface area contributed by atoms with Gasteiger partial charge in [0.25, 0.3) is 5.91 Å². The molecule has 1 aliphatic rings. The summed E-state index contributed by atoms with van der Waals surface area (Å²) in [7, 11) is 0. The molecule has 4 nitrogen and oxygen atoms in total. The third kappa shape index (κ3) is 2.57. The van der Waals surface area contributed by atoms with E-state index in [4.69, 9.17) is 5.73 Å². The van der Waals surface area contributed by atoms with E-state index in [1.165, 1.54) is 0 Å². The molecule has 1 aromatic rings. The number of nitrogens with two attached hydrogens (primary N) is 1. The molecule has 0 radical (unpaired) electrons. The number of hydrogen-bond donors (Lipinski definition) is 2. The Hall–Kier alpha value is -1.00. The van der Waals surface area contributed by atoms with Crippen LogP contribution in [-0.2, 0) is 0 Å². The molecule has 1 aliphatic heterocycles. The lowest BCUT2D eigenvalue weighted by Gasteiger charge is -2.30. The fraction of sp³-hybridized carbons (Fsp3) is 0.545. The van der Waals surface area contributed by atoms with Gasteiger partial charge in [0.05, 0.1) is 5.56 Å². The summed E-state index contributed by atoms with van der Waals surface area (Å²) in [5, 5.41) is 0. The maximum Gasteiger partial charge on any atom is 0.255 e. The average molecular weight is 244 g/mol. The number of nitrogens with zero attached hydrogens (tertiary/aromatic N) is 1. The summed E-state index contributed by atoms with van der Waals surface area (Å²) in [4.78, 5) is 17.0. The molecule has 2 rings (SSSR count). The largest absolute Gasteiger partial charge is 0.365 e. The standard InChI is InChI=1S/C11H17N3O.ClH/c1-8-10(4-5-13-8)11(15)14-6-2-3-9(12)7-14;/h4-5,9,13H,2-3,6-7,12H2,1H3;1H/t9-;/m1./s1. The van der Waals surface area contributed by atoms with Crippen molar-refractivity contribution >= 4 is 18.3 Å².